The van der Waals surface area contributed by atoms with Crippen molar-refractivity contribution in [3.8, 4) is 0 Å². The summed E-state index contributed by atoms with van der Waals surface area (Å²) < 4.78 is 5.58. The second kappa shape index (κ2) is 6.02. The Bertz CT molecular complexity index is 128. The molecule has 0 bridgehead atoms. The number of hydrogen-bond donors (Lipinski definition) is 0. The van der Waals surface area contributed by atoms with Crippen molar-refractivity contribution in [2.45, 2.75) is 56.9 Å². The summed E-state index contributed by atoms with van der Waals surface area (Å²) in [6.07, 6.45) is 7.06. The Morgan fingerprint density at radius 2 is 2.23 bits per heavy atom. The lowest BCUT2D eigenvalue weighted by atomic mass is 9.99. The first-order chi connectivity index (χ1) is 6.20. The Morgan fingerprint density at radius 3 is 2.77 bits per heavy atom. The normalized spacial score (nSPS) is 27.5. The highest BCUT2D eigenvalue weighted by Crippen LogP contribution is 2.22. The minimum atomic E-state index is 0.581. The van der Waals surface area contributed by atoms with Crippen LogP contribution in [0.25, 0.3) is 0 Å². The number of alkyl halides is 1. The van der Waals surface area contributed by atoms with E-state index in [-0.39, 0.29) is 0 Å². The van der Waals surface area contributed by atoms with Crippen LogP contribution in [0.3, 0.4) is 0 Å². The van der Waals surface area contributed by atoms with Crippen molar-refractivity contribution in [3.63, 3.8) is 0 Å². The van der Waals surface area contributed by atoms with Gasteiger partial charge >= 0.3 is 0 Å². The van der Waals surface area contributed by atoms with Crippen LogP contribution in [0.1, 0.15) is 46.0 Å². The van der Waals surface area contributed by atoms with Gasteiger partial charge in [0.15, 0.2) is 0 Å². The van der Waals surface area contributed by atoms with E-state index < -0.39 is 0 Å². The number of halogens is 1. The zero-order valence-electron chi connectivity index (χ0n) is 8.76. The molecule has 1 nitrogen and oxygen atoms in total. The Labute approximate surface area is 90.4 Å². The van der Waals surface area contributed by atoms with Gasteiger partial charge in [0.1, 0.15) is 0 Å². The Hall–Kier alpha value is 0.440. The molecule has 0 aromatic rings. The topological polar surface area (TPSA) is 9.23 Å². The summed E-state index contributed by atoms with van der Waals surface area (Å²) in [5.41, 5.74) is 0. The van der Waals surface area contributed by atoms with Gasteiger partial charge in [-0.3, -0.25) is 0 Å². The lowest BCUT2D eigenvalue weighted by Gasteiger charge is -2.15. The van der Waals surface area contributed by atoms with Crippen LogP contribution in [-0.2, 0) is 4.74 Å². The Morgan fingerprint density at radius 1 is 1.46 bits per heavy atom. The third-order valence-corrected chi connectivity index (χ3v) is 3.90. The van der Waals surface area contributed by atoms with Gasteiger partial charge < -0.3 is 4.74 Å². The SMILES string of the molecule is CC(Br)C(C)CCCC1CCCO1. The van der Waals surface area contributed by atoms with Gasteiger partial charge in [-0.1, -0.05) is 36.2 Å². The smallest absolute Gasteiger partial charge is 0.0576 e. The summed E-state index contributed by atoms with van der Waals surface area (Å²) in [6.45, 7) is 5.54. The summed E-state index contributed by atoms with van der Waals surface area (Å²) in [5, 5.41) is 0. The Balaban J connectivity index is 1.99. The van der Waals surface area contributed by atoms with E-state index in [0.29, 0.717) is 10.9 Å². The summed E-state index contributed by atoms with van der Waals surface area (Å²) in [4.78, 5) is 0.650. The second-order valence-corrected chi connectivity index (χ2v) is 5.67. The Kier molecular flexibility index (Phi) is 5.34. The molecule has 2 heteroatoms. The molecule has 3 unspecified atom stereocenters. The maximum Gasteiger partial charge on any atom is 0.0576 e. The average molecular weight is 249 g/mol. The van der Waals surface area contributed by atoms with Gasteiger partial charge in [-0.2, -0.15) is 0 Å². The van der Waals surface area contributed by atoms with Crippen molar-refractivity contribution in [2.75, 3.05) is 6.61 Å². The maximum absolute atomic E-state index is 5.58. The zero-order valence-corrected chi connectivity index (χ0v) is 10.3. The standard InChI is InChI=1S/C11H21BrO/c1-9(10(2)12)5-3-6-11-7-4-8-13-11/h9-11H,3-8H2,1-2H3. The summed E-state index contributed by atoms with van der Waals surface area (Å²) in [5.74, 6) is 0.793. The first kappa shape index (κ1) is 11.5. The molecule has 1 aliphatic rings. The van der Waals surface area contributed by atoms with Crippen LogP contribution in [0.5, 0.6) is 0 Å². The van der Waals surface area contributed by atoms with E-state index in [0.717, 1.165) is 12.5 Å². The highest BCUT2D eigenvalue weighted by atomic mass is 79.9. The van der Waals surface area contributed by atoms with E-state index in [9.17, 15) is 0 Å². The molecule has 0 spiro atoms. The van der Waals surface area contributed by atoms with Gasteiger partial charge in [0.2, 0.25) is 0 Å². The van der Waals surface area contributed by atoms with E-state index >= 15 is 0 Å². The first-order valence-electron chi connectivity index (χ1n) is 5.46. The highest BCUT2D eigenvalue weighted by molar-refractivity contribution is 9.09. The van der Waals surface area contributed by atoms with Crippen LogP contribution in [0.2, 0.25) is 0 Å². The zero-order chi connectivity index (χ0) is 9.68. The molecule has 0 aliphatic carbocycles. The molecule has 0 N–H and O–H groups in total. The lowest BCUT2D eigenvalue weighted by Crippen LogP contribution is -2.09. The van der Waals surface area contributed by atoms with Crippen LogP contribution in [0.4, 0.5) is 0 Å². The van der Waals surface area contributed by atoms with Crippen LogP contribution < -0.4 is 0 Å². The minimum Gasteiger partial charge on any atom is -0.378 e. The van der Waals surface area contributed by atoms with Gasteiger partial charge in [-0.05, 0) is 31.6 Å². The van der Waals surface area contributed by atoms with Gasteiger partial charge in [-0.15, -0.1) is 0 Å². The van der Waals surface area contributed by atoms with E-state index in [4.69, 9.17) is 4.74 Å². The quantitative estimate of drug-likeness (QED) is 0.674. The fourth-order valence-electron chi connectivity index (χ4n) is 1.77. The molecule has 0 aromatic heterocycles. The van der Waals surface area contributed by atoms with E-state index in [1.807, 2.05) is 0 Å². The van der Waals surface area contributed by atoms with Crippen LogP contribution >= 0.6 is 15.9 Å². The largest absolute Gasteiger partial charge is 0.378 e. The minimum absolute atomic E-state index is 0.581. The molecule has 1 saturated heterocycles. The third kappa shape index (κ3) is 4.46. The highest BCUT2D eigenvalue weighted by Gasteiger charge is 2.16. The molecule has 0 aromatic carbocycles. The molecular weight excluding hydrogens is 228 g/mol. The first-order valence-corrected chi connectivity index (χ1v) is 6.37. The van der Waals surface area contributed by atoms with Crippen LogP contribution in [0, 0.1) is 5.92 Å². The average Bonchev–Trinajstić information content (AvgIpc) is 2.56. The van der Waals surface area contributed by atoms with Crippen molar-refractivity contribution in [2.24, 2.45) is 5.92 Å². The molecule has 78 valence electrons. The van der Waals surface area contributed by atoms with Gasteiger partial charge in [0.05, 0.1) is 6.10 Å². The molecule has 1 heterocycles. The fraction of sp³-hybridized carbons (Fsp3) is 1.00. The molecule has 0 amide bonds. The third-order valence-electron chi connectivity index (χ3n) is 2.99. The maximum atomic E-state index is 5.58. The summed E-state index contributed by atoms with van der Waals surface area (Å²) in [7, 11) is 0. The molecule has 13 heavy (non-hydrogen) atoms. The monoisotopic (exact) mass is 248 g/mol. The van der Waals surface area contributed by atoms with Gasteiger partial charge in [0, 0.05) is 11.4 Å². The van der Waals surface area contributed by atoms with Crippen molar-refractivity contribution in [1.29, 1.82) is 0 Å². The van der Waals surface area contributed by atoms with Crippen LogP contribution in [0.15, 0.2) is 0 Å². The molecular formula is C11H21BrO. The van der Waals surface area contributed by atoms with Crippen LogP contribution in [-0.4, -0.2) is 17.5 Å². The van der Waals surface area contributed by atoms with Crippen molar-refractivity contribution < 1.29 is 4.74 Å². The molecule has 1 aliphatic heterocycles. The molecule has 1 rings (SSSR count). The van der Waals surface area contributed by atoms with Crippen molar-refractivity contribution in [1.82, 2.24) is 0 Å². The van der Waals surface area contributed by atoms with E-state index in [1.54, 1.807) is 0 Å². The second-order valence-electron chi connectivity index (χ2n) is 4.22. The number of ether oxygens (including phenoxy) is 1. The molecule has 1 fully saturated rings. The van der Waals surface area contributed by atoms with Gasteiger partial charge in [-0.25, -0.2) is 0 Å². The van der Waals surface area contributed by atoms with Gasteiger partial charge in [0.25, 0.3) is 0 Å². The predicted octanol–water partition coefficient (Wildman–Crippen LogP) is 3.76. The molecule has 3 atom stereocenters. The fourth-order valence-corrected chi connectivity index (χ4v) is 2.03. The summed E-state index contributed by atoms with van der Waals surface area (Å²) >= 11 is 3.62. The van der Waals surface area contributed by atoms with E-state index in [2.05, 4.69) is 29.8 Å². The van der Waals surface area contributed by atoms with Crippen molar-refractivity contribution >= 4 is 15.9 Å². The molecule has 0 saturated carbocycles. The summed E-state index contributed by atoms with van der Waals surface area (Å²) in [6, 6.07) is 0. The predicted molar refractivity (Wildman–Crippen MR) is 60.4 cm³/mol. The lowest BCUT2D eigenvalue weighted by molar-refractivity contribution is 0.101. The number of rotatable bonds is 5. The van der Waals surface area contributed by atoms with Crippen molar-refractivity contribution in [3.05, 3.63) is 0 Å². The molecule has 0 radical (unpaired) electrons. The van der Waals surface area contributed by atoms with E-state index in [1.165, 1.54) is 32.1 Å². The number of hydrogen-bond acceptors (Lipinski definition) is 1.